The average molecular weight is 482 g/mol. The summed E-state index contributed by atoms with van der Waals surface area (Å²) in [6, 6.07) is 11.9. The van der Waals surface area contributed by atoms with Gasteiger partial charge in [-0.05, 0) is 80.6 Å². The zero-order valence-corrected chi connectivity index (χ0v) is 19.9. The fraction of sp³-hybridized carbons (Fsp3) is 0.346. The summed E-state index contributed by atoms with van der Waals surface area (Å²) in [5.74, 6) is 2.13. The van der Waals surface area contributed by atoms with E-state index >= 15 is 0 Å². The molecule has 1 aliphatic heterocycles. The number of H-pyrrole nitrogens is 1. The van der Waals surface area contributed by atoms with E-state index in [1.54, 1.807) is 0 Å². The quantitative estimate of drug-likeness (QED) is 0.382. The number of fused-ring (bicyclic) bond motifs is 6. The molecular weight excluding hydrogens is 457 g/mol. The minimum atomic E-state index is -0.0371. The molecule has 3 heterocycles. The first kappa shape index (κ1) is 21.1. The van der Waals surface area contributed by atoms with Crippen molar-refractivity contribution in [1.82, 2.24) is 15.3 Å². The van der Waals surface area contributed by atoms with Gasteiger partial charge in [-0.25, -0.2) is 0 Å². The number of hydrogen-bond donors (Lipinski definition) is 2. The lowest BCUT2D eigenvalue weighted by atomic mass is 9.86. The van der Waals surface area contributed by atoms with Gasteiger partial charge in [0.1, 0.15) is 12.7 Å². The van der Waals surface area contributed by atoms with Crippen molar-refractivity contribution < 1.29 is 9.47 Å². The molecule has 0 spiro atoms. The fourth-order valence-electron chi connectivity index (χ4n) is 5.12. The third-order valence-electron chi connectivity index (χ3n) is 6.78. The summed E-state index contributed by atoms with van der Waals surface area (Å²) in [4.78, 5) is 8.14. The molecule has 0 bridgehead atoms. The molecule has 2 aliphatic rings. The highest BCUT2D eigenvalue weighted by molar-refractivity contribution is 6.45. The van der Waals surface area contributed by atoms with Gasteiger partial charge in [0.15, 0.2) is 11.5 Å². The van der Waals surface area contributed by atoms with E-state index in [1.165, 1.54) is 11.3 Å². The number of aryl methyl sites for hydroxylation is 2. The molecule has 6 rings (SSSR count). The molecule has 4 aromatic rings. The lowest BCUT2D eigenvalue weighted by Crippen LogP contribution is -2.40. The van der Waals surface area contributed by atoms with E-state index < -0.39 is 0 Å². The topological polar surface area (TPSA) is 59.2 Å². The number of rotatable bonds is 4. The maximum atomic E-state index is 6.55. The minimum absolute atomic E-state index is 0.0371. The van der Waals surface area contributed by atoms with Gasteiger partial charge in [-0.2, -0.15) is 0 Å². The number of nitrogens with zero attached hydrogens (tertiary/aromatic N) is 1. The number of pyridine rings is 1. The Balaban J connectivity index is 1.12. The van der Waals surface area contributed by atoms with Gasteiger partial charge in [0.2, 0.25) is 0 Å². The molecule has 0 amide bonds. The number of ether oxygens (including phenoxy) is 2. The van der Waals surface area contributed by atoms with Crippen LogP contribution in [-0.4, -0.2) is 35.8 Å². The number of hydrogen-bond acceptors (Lipinski definition) is 4. The molecule has 2 atom stereocenters. The van der Waals surface area contributed by atoms with Crippen LogP contribution in [0.15, 0.2) is 36.4 Å². The summed E-state index contributed by atoms with van der Waals surface area (Å²) < 4.78 is 12.3. The van der Waals surface area contributed by atoms with E-state index in [0.717, 1.165) is 71.4 Å². The Morgan fingerprint density at radius 2 is 2.03 bits per heavy atom. The van der Waals surface area contributed by atoms with Crippen molar-refractivity contribution in [2.75, 3.05) is 19.7 Å². The van der Waals surface area contributed by atoms with Crippen LogP contribution in [0.4, 0.5) is 0 Å². The summed E-state index contributed by atoms with van der Waals surface area (Å²) in [5, 5.41) is 6.97. The summed E-state index contributed by atoms with van der Waals surface area (Å²) in [7, 11) is 0. The van der Waals surface area contributed by atoms with Crippen molar-refractivity contribution in [2.24, 2.45) is 5.92 Å². The van der Waals surface area contributed by atoms with Gasteiger partial charge >= 0.3 is 0 Å². The molecule has 7 heteroatoms. The second kappa shape index (κ2) is 8.39. The smallest absolute Gasteiger partial charge is 0.171 e. The normalized spacial score (nSPS) is 19.7. The van der Waals surface area contributed by atoms with Crippen molar-refractivity contribution in [3.63, 3.8) is 0 Å². The van der Waals surface area contributed by atoms with E-state index in [9.17, 15) is 0 Å². The Bertz CT molecular complexity index is 1370. The zero-order chi connectivity index (χ0) is 22.5. The highest BCUT2D eigenvalue weighted by Gasteiger charge is 2.26. The Morgan fingerprint density at radius 3 is 2.94 bits per heavy atom. The maximum absolute atomic E-state index is 6.55. The average Bonchev–Trinajstić information content (AvgIpc) is 3.19. The Morgan fingerprint density at radius 1 is 1.12 bits per heavy atom. The van der Waals surface area contributed by atoms with Gasteiger partial charge in [0.25, 0.3) is 0 Å². The van der Waals surface area contributed by atoms with E-state index in [1.807, 2.05) is 37.3 Å². The van der Waals surface area contributed by atoms with E-state index in [2.05, 4.69) is 21.4 Å². The van der Waals surface area contributed by atoms with Crippen LogP contribution in [0.5, 0.6) is 11.5 Å². The van der Waals surface area contributed by atoms with Crippen LogP contribution in [0.2, 0.25) is 10.0 Å². The Kier molecular flexibility index (Phi) is 5.36. The van der Waals surface area contributed by atoms with Crippen LogP contribution < -0.4 is 14.8 Å². The molecule has 33 heavy (non-hydrogen) atoms. The summed E-state index contributed by atoms with van der Waals surface area (Å²) in [6.07, 6.45) is 3.12. The van der Waals surface area contributed by atoms with E-state index in [4.69, 9.17) is 32.7 Å². The first-order chi connectivity index (χ1) is 16.1. The molecule has 0 saturated heterocycles. The fourth-order valence-corrected chi connectivity index (χ4v) is 5.55. The highest BCUT2D eigenvalue weighted by atomic mass is 35.5. The monoisotopic (exact) mass is 481 g/mol. The van der Waals surface area contributed by atoms with Crippen LogP contribution in [0.3, 0.4) is 0 Å². The molecule has 2 aromatic carbocycles. The first-order valence-corrected chi connectivity index (χ1v) is 12.2. The van der Waals surface area contributed by atoms with Crippen LogP contribution in [-0.2, 0) is 12.8 Å². The van der Waals surface area contributed by atoms with Gasteiger partial charge in [0, 0.05) is 34.2 Å². The summed E-state index contributed by atoms with van der Waals surface area (Å²) >= 11 is 12.8. The lowest BCUT2D eigenvalue weighted by Gasteiger charge is -2.29. The highest BCUT2D eigenvalue weighted by Crippen LogP contribution is 2.39. The Hall–Kier alpha value is -2.47. The molecule has 0 radical (unpaired) electrons. The van der Waals surface area contributed by atoms with Crippen molar-refractivity contribution in [1.29, 1.82) is 0 Å². The van der Waals surface area contributed by atoms with Crippen LogP contribution >= 0.6 is 23.2 Å². The van der Waals surface area contributed by atoms with Crippen molar-refractivity contribution in [3.8, 4) is 11.5 Å². The molecule has 0 unspecified atom stereocenters. The van der Waals surface area contributed by atoms with Gasteiger partial charge in [-0.3, -0.25) is 4.98 Å². The minimum Gasteiger partial charge on any atom is -0.486 e. The molecule has 2 aromatic heterocycles. The molecule has 2 N–H and O–H groups in total. The molecule has 1 aliphatic carbocycles. The third kappa shape index (κ3) is 3.82. The largest absolute Gasteiger partial charge is 0.486 e. The maximum Gasteiger partial charge on any atom is 0.171 e. The predicted octanol–water partition coefficient (Wildman–Crippen LogP) is 5.87. The van der Waals surface area contributed by atoms with Crippen molar-refractivity contribution in [2.45, 2.75) is 32.3 Å². The summed E-state index contributed by atoms with van der Waals surface area (Å²) in [6.45, 7) is 4.19. The standard InChI is InChI=1S/C26H25Cl2N3O2/c1-14-2-4-17-20(30-14)8-9-23-26(17)33-16(13-32-23)12-29-11-15-3-6-21-18(10-15)24-22(31-21)7-5-19(27)25(24)28/h2,4-5,7-9,15-16,29,31H,3,6,10-13H2,1H3/t15-,16-/m0/s1. The van der Waals surface area contributed by atoms with Crippen LogP contribution in [0, 0.1) is 12.8 Å². The molecule has 0 fully saturated rings. The van der Waals surface area contributed by atoms with E-state index in [-0.39, 0.29) is 6.10 Å². The molecule has 170 valence electrons. The number of halogens is 2. The van der Waals surface area contributed by atoms with Crippen LogP contribution in [0.25, 0.3) is 21.8 Å². The number of aromatic amines is 1. The van der Waals surface area contributed by atoms with Crippen molar-refractivity contribution >= 4 is 45.0 Å². The molecular formula is C26H25Cl2N3O2. The molecule has 0 saturated carbocycles. The summed E-state index contributed by atoms with van der Waals surface area (Å²) in [5.41, 5.74) is 5.61. The lowest BCUT2D eigenvalue weighted by molar-refractivity contribution is 0.0915. The van der Waals surface area contributed by atoms with Gasteiger partial charge < -0.3 is 19.8 Å². The predicted molar refractivity (Wildman–Crippen MR) is 133 cm³/mol. The second-order valence-electron chi connectivity index (χ2n) is 9.10. The SMILES string of the molecule is Cc1ccc2c3c(ccc2n1)OC[C@H](CNC[C@H]1CCc2[nH]c4ccc(Cl)c(Cl)c4c2C1)O3. The van der Waals surface area contributed by atoms with Gasteiger partial charge in [-0.15, -0.1) is 0 Å². The number of aromatic nitrogens is 2. The number of nitrogens with one attached hydrogen (secondary N) is 2. The van der Waals surface area contributed by atoms with Crippen LogP contribution in [0.1, 0.15) is 23.4 Å². The first-order valence-electron chi connectivity index (χ1n) is 11.4. The Labute approximate surface area is 202 Å². The molecule has 5 nitrogen and oxygen atoms in total. The number of benzene rings is 2. The van der Waals surface area contributed by atoms with Gasteiger partial charge in [-0.1, -0.05) is 23.2 Å². The van der Waals surface area contributed by atoms with Crippen molar-refractivity contribution in [3.05, 3.63) is 63.4 Å². The van der Waals surface area contributed by atoms with E-state index in [0.29, 0.717) is 22.6 Å². The second-order valence-corrected chi connectivity index (χ2v) is 9.88. The van der Waals surface area contributed by atoms with Gasteiger partial charge in [0.05, 0.1) is 15.6 Å². The third-order valence-corrected chi connectivity index (χ3v) is 7.59. The zero-order valence-electron chi connectivity index (χ0n) is 18.4.